The minimum atomic E-state index is -0.252. The van der Waals surface area contributed by atoms with E-state index >= 15 is 0 Å². The van der Waals surface area contributed by atoms with E-state index in [-0.39, 0.29) is 24.9 Å². The average Bonchev–Trinajstić information content (AvgIpc) is 2.56. The van der Waals surface area contributed by atoms with Crippen molar-refractivity contribution in [2.45, 2.75) is 0 Å². The Morgan fingerprint density at radius 3 is 2.61 bits per heavy atom. The van der Waals surface area contributed by atoms with Gasteiger partial charge < -0.3 is 24.8 Å². The van der Waals surface area contributed by atoms with Crippen molar-refractivity contribution in [2.75, 3.05) is 57.8 Å². The molecule has 1 aliphatic heterocycles. The van der Waals surface area contributed by atoms with E-state index in [4.69, 9.17) is 14.2 Å². The number of nitrogens with one attached hydrogen (secondary N) is 2. The van der Waals surface area contributed by atoms with Gasteiger partial charge in [0.15, 0.2) is 11.5 Å². The molecule has 126 valence electrons. The highest BCUT2D eigenvalue weighted by Crippen LogP contribution is 2.39. The summed E-state index contributed by atoms with van der Waals surface area (Å²) in [4.78, 5) is 25.6. The molecule has 8 heteroatoms. The molecule has 0 aliphatic carbocycles. The van der Waals surface area contributed by atoms with E-state index in [9.17, 15) is 9.59 Å². The van der Waals surface area contributed by atoms with Crippen LogP contribution in [0.2, 0.25) is 0 Å². The van der Waals surface area contributed by atoms with Gasteiger partial charge in [0.05, 0.1) is 38.7 Å². The number of hydrogen-bond acceptors (Lipinski definition) is 6. The third-order valence-corrected chi connectivity index (χ3v) is 3.45. The number of carbonyl (C=O) groups is 2. The first-order valence-electron chi connectivity index (χ1n) is 7.16. The van der Waals surface area contributed by atoms with Crippen molar-refractivity contribution in [3.8, 4) is 11.5 Å². The second-order valence-electron chi connectivity index (χ2n) is 4.90. The Kier molecular flexibility index (Phi) is 5.64. The fourth-order valence-corrected chi connectivity index (χ4v) is 2.30. The Balaban J connectivity index is 2.21. The molecule has 0 aromatic heterocycles. The smallest absolute Gasteiger partial charge is 0.246 e. The molecule has 23 heavy (non-hydrogen) atoms. The Bertz CT molecular complexity index is 591. The van der Waals surface area contributed by atoms with Crippen LogP contribution in [0, 0.1) is 0 Å². The van der Waals surface area contributed by atoms with Crippen molar-refractivity contribution in [3.63, 3.8) is 0 Å². The van der Waals surface area contributed by atoms with Gasteiger partial charge in [0.2, 0.25) is 11.8 Å². The number of benzene rings is 1. The van der Waals surface area contributed by atoms with Gasteiger partial charge in [-0.1, -0.05) is 0 Å². The topological polar surface area (TPSA) is 89.1 Å². The van der Waals surface area contributed by atoms with Crippen LogP contribution in [0.25, 0.3) is 0 Å². The molecule has 0 bridgehead atoms. The van der Waals surface area contributed by atoms with E-state index in [2.05, 4.69) is 10.6 Å². The number of rotatable bonds is 7. The number of methoxy groups -OCH3 is 3. The second-order valence-corrected chi connectivity index (χ2v) is 4.90. The van der Waals surface area contributed by atoms with Crippen LogP contribution >= 0.6 is 0 Å². The Morgan fingerprint density at radius 1 is 1.26 bits per heavy atom. The molecule has 0 saturated heterocycles. The summed E-state index contributed by atoms with van der Waals surface area (Å²) < 4.78 is 15.4. The van der Waals surface area contributed by atoms with Gasteiger partial charge in [-0.05, 0) is 0 Å². The van der Waals surface area contributed by atoms with Crippen LogP contribution in [0.5, 0.6) is 11.5 Å². The number of nitrogens with zero attached hydrogens (tertiary/aromatic N) is 1. The molecule has 1 aromatic carbocycles. The molecule has 0 radical (unpaired) electrons. The number of carbonyl (C=O) groups excluding carboxylic acids is 2. The lowest BCUT2D eigenvalue weighted by Crippen LogP contribution is -2.46. The lowest BCUT2D eigenvalue weighted by Gasteiger charge is -2.30. The van der Waals surface area contributed by atoms with Crippen molar-refractivity contribution < 1.29 is 23.8 Å². The fraction of sp³-hybridized carbons (Fsp3) is 0.467. The molecule has 8 nitrogen and oxygen atoms in total. The number of anilines is 2. The standard InChI is InChI=1S/C15H21N3O5/c1-21-5-4-16-14(19)9-18-11-7-13(23-3)12(22-2)6-10(11)17-8-15(18)20/h6-7,17H,4-5,8-9H2,1-3H3,(H,16,19). The zero-order valence-corrected chi connectivity index (χ0v) is 13.5. The second kappa shape index (κ2) is 7.68. The number of fused-ring (bicyclic) bond motifs is 1. The molecule has 1 aliphatic rings. The first-order chi connectivity index (χ1) is 11.1. The predicted molar refractivity (Wildman–Crippen MR) is 85.3 cm³/mol. The van der Waals surface area contributed by atoms with Gasteiger partial charge >= 0.3 is 0 Å². The van der Waals surface area contributed by atoms with Crippen molar-refractivity contribution >= 4 is 23.2 Å². The molecular formula is C15H21N3O5. The third kappa shape index (κ3) is 3.84. The third-order valence-electron chi connectivity index (χ3n) is 3.45. The summed E-state index contributed by atoms with van der Waals surface area (Å²) in [6.45, 7) is 0.873. The molecule has 2 N–H and O–H groups in total. The molecular weight excluding hydrogens is 302 g/mol. The fourth-order valence-electron chi connectivity index (χ4n) is 2.30. The summed E-state index contributed by atoms with van der Waals surface area (Å²) in [5.41, 5.74) is 1.30. The van der Waals surface area contributed by atoms with Gasteiger partial charge in [0, 0.05) is 25.8 Å². The maximum absolute atomic E-state index is 12.2. The molecule has 0 spiro atoms. The molecule has 0 fully saturated rings. The molecule has 2 rings (SSSR count). The lowest BCUT2D eigenvalue weighted by molar-refractivity contribution is -0.123. The van der Waals surface area contributed by atoms with E-state index in [1.165, 1.54) is 12.0 Å². The molecule has 0 saturated carbocycles. The van der Waals surface area contributed by atoms with Crippen molar-refractivity contribution in [1.29, 1.82) is 0 Å². The molecule has 0 unspecified atom stereocenters. The van der Waals surface area contributed by atoms with Gasteiger partial charge in [0.1, 0.15) is 6.54 Å². The normalized spacial score (nSPS) is 13.2. The van der Waals surface area contributed by atoms with Crippen molar-refractivity contribution in [3.05, 3.63) is 12.1 Å². The molecule has 1 aromatic rings. The number of hydrogen-bond donors (Lipinski definition) is 2. The minimum Gasteiger partial charge on any atom is -0.493 e. The van der Waals surface area contributed by atoms with E-state index in [0.29, 0.717) is 36.0 Å². The van der Waals surface area contributed by atoms with Crippen molar-refractivity contribution in [1.82, 2.24) is 5.32 Å². The summed E-state index contributed by atoms with van der Waals surface area (Å²) in [5.74, 6) is 0.606. The quantitative estimate of drug-likeness (QED) is 0.698. The SMILES string of the molecule is COCCNC(=O)CN1C(=O)CNc2cc(OC)c(OC)cc21. The van der Waals surface area contributed by atoms with Crippen LogP contribution in [-0.2, 0) is 14.3 Å². The Morgan fingerprint density at radius 2 is 1.96 bits per heavy atom. The maximum atomic E-state index is 12.2. The van der Waals surface area contributed by atoms with Crippen molar-refractivity contribution in [2.24, 2.45) is 0 Å². The van der Waals surface area contributed by atoms with Gasteiger partial charge in [-0.2, -0.15) is 0 Å². The Hall–Kier alpha value is -2.48. The molecule has 2 amide bonds. The first-order valence-corrected chi connectivity index (χ1v) is 7.16. The van der Waals surface area contributed by atoms with Crippen LogP contribution in [0.1, 0.15) is 0 Å². The molecule has 1 heterocycles. The lowest BCUT2D eigenvalue weighted by atomic mass is 10.1. The number of amides is 2. The average molecular weight is 323 g/mol. The summed E-state index contributed by atoms with van der Waals surface area (Å²) in [7, 11) is 4.62. The van der Waals surface area contributed by atoms with Crippen LogP contribution in [0.3, 0.4) is 0 Å². The van der Waals surface area contributed by atoms with Gasteiger partial charge in [0.25, 0.3) is 0 Å². The number of ether oxygens (including phenoxy) is 3. The highest BCUT2D eigenvalue weighted by atomic mass is 16.5. The zero-order valence-electron chi connectivity index (χ0n) is 13.5. The van der Waals surface area contributed by atoms with Gasteiger partial charge in [-0.15, -0.1) is 0 Å². The Labute approximate surface area is 134 Å². The summed E-state index contributed by atoms with van der Waals surface area (Å²) in [5, 5.41) is 5.71. The van der Waals surface area contributed by atoms with Crippen LogP contribution in [-0.4, -0.2) is 59.4 Å². The minimum absolute atomic E-state index is 0.0628. The summed E-state index contributed by atoms with van der Waals surface area (Å²) in [6.07, 6.45) is 0. The monoisotopic (exact) mass is 323 g/mol. The largest absolute Gasteiger partial charge is 0.493 e. The maximum Gasteiger partial charge on any atom is 0.246 e. The van der Waals surface area contributed by atoms with E-state index in [0.717, 1.165) is 0 Å². The van der Waals surface area contributed by atoms with E-state index < -0.39 is 0 Å². The van der Waals surface area contributed by atoms with Crippen LogP contribution in [0.4, 0.5) is 11.4 Å². The zero-order chi connectivity index (χ0) is 16.8. The highest BCUT2D eigenvalue weighted by molar-refractivity contribution is 6.06. The summed E-state index contributed by atoms with van der Waals surface area (Å²) in [6, 6.07) is 3.43. The highest BCUT2D eigenvalue weighted by Gasteiger charge is 2.27. The summed E-state index contributed by atoms with van der Waals surface area (Å²) >= 11 is 0. The van der Waals surface area contributed by atoms with Gasteiger partial charge in [-0.25, -0.2) is 0 Å². The van der Waals surface area contributed by atoms with E-state index in [1.807, 2.05) is 0 Å². The van der Waals surface area contributed by atoms with Crippen LogP contribution in [0.15, 0.2) is 12.1 Å². The first kappa shape index (κ1) is 16.9. The van der Waals surface area contributed by atoms with Gasteiger partial charge in [-0.3, -0.25) is 14.5 Å². The predicted octanol–water partition coefficient (Wildman–Crippen LogP) is 0.225. The molecule has 0 atom stereocenters. The van der Waals surface area contributed by atoms with E-state index in [1.54, 1.807) is 26.4 Å². The van der Waals surface area contributed by atoms with Crippen LogP contribution < -0.4 is 25.0 Å².